The molecule has 0 unspecified atom stereocenters. The molecule has 0 aromatic heterocycles. The second kappa shape index (κ2) is 17.5. The number of esters is 1. The highest BCUT2D eigenvalue weighted by atomic mass is 79.9. The highest BCUT2D eigenvalue weighted by Gasteiger charge is 2.36. The number of hydrogen-bond acceptors (Lipinski definition) is 9. The number of rotatable bonds is 16. The van der Waals surface area contributed by atoms with Gasteiger partial charge in [-0.15, -0.1) is 0 Å². The van der Waals surface area contributed by atoms with Crippen molar-refractivity contribution < 1.29 is 38.2 Å². The fourth-order valence-corrected chi connectivity index (χ4v) is 6.56. The largest absolute Gasteiger partial charge is 0.493 e. The lowest BCUT2D eigenvalue weighted by molar-refractivity contribution is -0.140. The zero-order valence-corrected chi connectivity index (χ0v) is 31.3. The van der Waals surface area contributed by atoms with Crippen molar-refractivity contribution in [1.82, 2.24) is 5.32 Å². The monoisotopic (exact) mass is 774 g/mol. The Labute approximate surface area is 311 Å². The van der Waals surface area contributed by atoms with Gasteiger partial charge in [0, 0.05) is 60.6 Å². The van der Waals surface area contributed by atoms with Gasteiger partial charge in [0.1, 0.15) is 6.61 Å². The third-order valence-corrected chi connectivity index (χ3v) is 9.72. The number of unbranched alkanes of at least 4 members (excludes halogenated alkanes) is 1. The molecule has 2 heterocycles. The molecule has 3 atom stereocenters. The Morgan fingerprint density at radius 1 is 0.981 bits per heavy atom. The molecule has 2 aliphatic rings. The van der Waals surface area contributed by atoms with E-state index in [2.05, 4.69) is 36.3 Å². The van der Waals surface area contributed by atoms with Crippen LogP contribution in [0.2, 0.25) is 0 Å². The Morgan fingerprint density at radius 3 is 2.48 bits per heavy atom. The third-order valence-electron chi connectivity index (χ3n) is 9.08. The van der Waals surface area contributed by atoms with Crippen molar-refractivity contribution >= 4 is 68.7 Å². The molecule has 3 aromatic carbocycles. The standard InChI is InChI=1S/C39H43BrN4O8/c1-23(13-33(45)24(2)42-36(46)11-7-8-12-37(47)51-4)38(48)43-28-15-25(20-40)14-26(16-28)22-52-35-19-31-30(18-34(35)50-3)39(49)44-29(21-41-31)17-27-9-5-6-10-32(27)44/h5-6,9-10,14-16,18-19,21,23-24,29H,7-8,11-13,17,20,22H2,1-4H3,(H,42,46)(H,43,48)/t23-,24+,29+/m1/s1. The van der Waals surface area contributed by atoms with Crippen LogP contribution < -0.4 is 25.0 Å². The number of Topliss-reactive ketones (excluding diaryl/α,β-unsaturated/α-hetero) is 1. The lowest BCUT2D eigenvalue weighted by atomic mass is 9.99. The molecule has 13 heteroatoms. The highest BCUT2D eigenvalue weighted by molar-refractivity contribution is 9.08. The Balaban J connectivity index is 1.19. The second-order valence-corrected chi connectivity index (χ2v) is 13.5. The molecule has 0 spiro atoms. The number of aliphatic imine (C=N–C) groups is 1. The van der Waals surface area contributed by atoms with E-state index in [0.717, 1.165) is 22.4 Å². The number of ketones is 1. The summed E-state index contributed by atoms with van der Waals surface area (Å²) in [6.07, 6.45) is 3.86. The zero-order chi connectivity index (χ0) is 37.4. The average molecular weight is 776 g/mol. The van der Waals surface area contributed by atoms with Gasteiger partial charge in [0.05, 0.1) is 37.6 Å². The summed E-state index contributed by atoms with van der Waals surface area (Å²) in [5.41, 5.74) is 5.10. The fraction of sp³-hybridized carbons (Fsp3) is 0.385. The Kier molecular flexibility index (Phi) is 12.8. The number of carbonyl (C=O) groups excluding carboxylic acids is 5. The van der Waals surface area contributed by atoms with Crippen LogP contribution >= 0.6 is 15.9 Å². The quantitative estimate of drug-likeness (QED) is 0.0988. The molecule has 3 amide bonds. The van der Waals surface area contributed by atoms with Crippen molar-refractivity contribution in [2.45, 2.75) is 76.4 Å². The van der Waals surface area contributed by atoms with E-state index in [-0.39, 0.29) is 61.4 Å². The minimum absolute atomic E-state index is 0.0577. The summed E-state index contributed by atoms with van der Waals surface area (Å²) < 4.78 is 16.5. The molecule has 0 bridgehead atoms. The van der Waals surface area contributed by atoms with Gasteiger partial charge in [-0.1, -0.05) is 47.1 Å². The van der Waals surface area contributed by atoms with Gasteiger partial charge in [-0.3, -0.25) is 33.9 Å². The first-order valence-electron chi connectivity index (χ1n) is 17.2. The van der Waals surface area contributed by atoms with Crippen molar-refractivity contribution in [3.63, 3.8) is 0 Å². The molecule has 274 valence electrons. The van der Waals surface area contributed by atoms with Gasteiger partial charge in [0.15, 0.2) is 17.3 Å². The van der Waals surface area contributed by atoms with Crippen molar-refractivity contribution in [2.75, 3.05) is 24.4 Å². The normalized spacial score (nSPS) is 15.4. The predicted molar refractivity (Wildman–Crippen MR) is 201 cm³/mol. The number of nitrogens with one attached hydrogen (secondary N) is 2. The molecule has 0 radical (unpaired) electrons. The van der Waals surface area contributed by atoms with Crippen LogP contribution in [0.4, 0.5) is 17.1 Å². The molecule has 0 saturated heterocycles. The molecular formula is C39H43BrN4O8. The van der Waals surface area contributed by atoms with Crippen LogP contribution in [0.25, 0.3) is 0 Å². The maximum atomic E-state index is 13.8. The smallest absolute Gasteiger partial charge is 0.305 e. The average Bonchev–Trinajstić information content (AvgIpc) is 3.46. The van der Waals surface area contributed by atoms with E-state index in [1.165, 1.54) is 14.2 Å². The maximum Gasteiger partial charge on any atom is 0.305 e. The number of carbonyl (C=O) groups is 5. The number of benzene rings is 3. The molecule has 2 N–H and O–H groups in total. The first-order valence-corrected chi connectivity index (χ1v) is 18.3. The van der Waals surface area contributed by atoms with Crippen LogP contribution in [0.15, 0.2) is 59.6 Å². The number of anilines is 2. The van der Waals surface area contributed by atoms with E-state index in [4.69, 9.17) is 9.47 Å². The van der Waals surface area contributed by atoms with Gasteiger partial charge in [-0.2, -0.15) is 0 Å². The number of methoxy groups -OCH3 is 2. The van der Waals surface area contributed by atoms with E-state index >= 15 is 0 Å². The van der Waals surface area contributed by atoms with Gasteiger partial charge >= 0.3 is 5.97 Å². The van der Waals surface area contributed by atoms with Gasteiger partial charge < -0.3 is 24.8 Å². The van der Waals surface area contributed by atoms with Crippen molar-refractivity contribution in [2.24, 2.45) is 10.9 Å². The van der Waals surface area contributed by atoms with Crippen LogP contribution in [0.3, 0.4) is 0 Å². The topological polar surface area (TPSA) is 153 Å². The number of halogens is 1. The number of ether oxygens (including phenoxy) is 3. The summed E-state index contributed by atoms with van der Waals surface area (Å²) in [5, 5.41) is 6.11. The van der Waals surface area contributed by atoms with Crippen LogP contribution in [0, 0.1) is 5.92 Å². The van der Waals surface area contributed by atoms with Gasteiger partial charge in [0.25, 0.3) is 5.91 Å². The van der Waals surface area contributed by atoms with Gasteiger partial charge in [-0.25, -0.2) is 0 Å². The SMILES string of the molecule is COC(=O)CCCCC(=O)N[C@@H](C)C(=O)C[C@@H](C)C(=O)Nc1cc(CBr)cc(COc2cc3c(cc2OC)C(=O)N2c4ccccc4C[C@H]2C=N3)c1. The van der Waals surface area contributed by atoms with E-state index in [1.54, 1.807) is 43.2 Å². The minimum atomic E-state index is -0.758. The third kappa shape index (κ3) is 9.24. The number of amides is 3. The molecule has 3 aromatic rings. The lowest BCUT2D eigenvalue weighted by Gasteiger charge is -2.22. The van der Waals surface area contributed by atoms with Crippen molar-refractivity contribution in [3.8, 4) is 11.5 Å². The van der Waals surface area contributed by atoms with Crippen molar-refractivity contribution in [3.05, 3.63) is 76.9 Å². The molecule has 12 nitrogen and oxygen atoms in total. The number of hydrogen-bond donors (Lipinski definition) is 2. The fourth-order valence-electron chi connectivity index (χ4n) is 6.23. The first-order chi connectivity index (χ1) is 25.0. The molecule has 0 saturated carbocycles. The molecular weight excluding hydrogens is 732 g/mol. The number of fused-ring (bicyclic) bond motifs is 4. The van der Waals surface area contributed by atoms with E-state index < -0.39 is 12.0 Å². The summed E-state index contributed by atoms with van der Waals surface area (Å²) in [7, 11) is 2.83. The molecule has 52 heavy (non-hydrogen) atoms. The lowest BCUT2D eigenvalue weighted by Crippen LogP contribution is -2.39. The van der Waals surface area contributed by atoms with E-state index in [0.29, 0.717) is 53.0 Å². The van der Waals surface area contributed by atoms with E-state index in [9.17, 15) is 24.0 Å². The van der Waals surface area contributed by atoms with E-state index in [1.807, 2.05) is 36.4 Å². The van der Waals surface area contributed by atoms with Crippen LogP contribution in [-0.4, -0.2) is 62.0 Å². The van der Waals surface area contributed by atoms with Crippen LogP contribution in [0.5, 0.6) is 11.5 Å². The van der Waals surface area contributed by atoms with Crippen molar-refractivity contribution in [1.29, 1.82) is 0 Å². The summed E-state index contributed by atoms with van der Waals surface area (Å²) in [6.45, 7) is 3.39. The Bertz CT molecular complexity index is 1880. The maximum absolute atomic E-state index is 13.8. The zero-order valence-electron chi connectivity index (χ0n) is 29.7. The summed E-state index contributed by atoms with van der Waals surface area (Å²) in [6, 6.07) is 15.9. The Morgan fingerprint density at radius 2 is 1.73 bits per heavy atom. The second-order valence-electron chi connectivity index (χ2n) is 13.0. The minimum Gasteiger partial charge on any atom is -0.493 e. The molecule has 0 fully saturated rings. The molecule has 2 aliphatic heterocycles. The predicted octanol–water partition coefficient (Wildman–Crippen LogP) is 6.23. The van der Waals surface area contributed by atoms with Gasteiger partial charge in [0.2, 0.25) is 11.8 Å². The van der Waals surface area contributed by atoms with Gasteiger partial charge in [-0.05, 0) is 60.7 Å². The number of nitrogens with zero attached hydrogens (tertiary/aromatic N) is 2. The van der Waals surface area contributed by atoms with Crippen LogP contribution in [-0.2, 0) is 42.3 Å². The summed E-state index contributed by atoms with van der Waals surface area (Å²) in [5.74, 6) is -1.23. The molecule has 0 aliphatic carbocycles. The Hall–Kier alpha value is -5.04. The van der Waals surface area contributed by atoms with Crippen LogP contribution in [0.1, 0.15) is 73.0 Å². The first kappa shape index (κ1) is 38.2. The summed E-state index contributed by atoms with van der Waals surface area (Å²) in [4.78, 5) is 69.7. The molecule has 5 rings (SSSR count). The number of para-hydroxylation sites is 1. The number of alkyl halides is 1. The summed E-state index contributed by atoms with van der Waals surface area (Å²) >= 11 is 3.50. The highest BCUT2D eigenvalue weighted by Crippen LogP contribution is 2.41.